The number of carbonyl (C=O) groups excluding carboxylic acids is 1. The monoisotopic (exact) mass is 328 g/mol. The number of allylic oxidation sites excluding steroid dienone is 1. The van der Waals surface area contributed by atoms with Gasteiger partial charge in [0, 0.05) is 13.3 Å². The lowest BCUT2D eigenvalue weighted by Gasteiger charge is -2.15. The highest BCUT2D eigenvalue weighted by Gasteiger charge is 2.12. The third-order valence-corrected chi connectivity index (χ3v) is 3.97. The lowest BCUT2D eigenvalue weighted by molar-refractivity contribution is -0.144. The molecule has 0 saturated carbocycles. The minimum absolute atomic E-state index is 0.0286. The van der Waals surface area contributed by atoms with E-state index in [0.29, 0.717) is 6.42 Å². The van der Waals surface area contributed by atoms with Gasteiger partial charge < -0.3 is 14.9 Å². The maximum Gasteiger partial charge on any atom is 0.302 e. The summed E-state index contributed by atoms with van der Waals surface area (Å²) >= 11 is 0. The summed E-state index contributed by atoms with van der Waals surface area (Å²) in [5.74, 6) is -0.403. The van der Waals surface area contributed by atoms with Crippen LogP contribution in [-0.4, -0.2) is 35.0 Å². The molecule has 2 atom stereocenters. The van der Waals surface area contributed by atoms with Crippen molar-refractivity contribution >= 4 is 5.97 Å². The first-order chi connectivity index (χ1) is 11.1. The third kappa shape index (κ3) is 17.3. The Morgan fingerprint density at radius 1 is 0.957 bits per heavy atom. The van der Waals surface area contributed by atoms with Gasteiger partial charge in [0.05, 0.1) is 12.2 Å². The lowest BCUT2D eigenvalue weighted by Crippen LogP contribution is -2.23. The Labute approximate surface area is 141 Å². The molecular weight excluding hydrogens is 292 g/mol. The molecule has 4 heteroatoms. The second-order valence-corrected chi connectivity index (χ2v) is 6.39. The topological polar surface area (TPSA) is 66.8 Å². The van der Waals surface area contributed by atoms with Gasteiger partial charge in [-0.05, 0) is 19.3 Å². The molecule has 0 saturated heterocycles. The fourth-order valence-corrected chi connectivity index (χ4v) is 2.62. The molecule has 0 aromatic heterocycles. The molecule has 0 rings (SSSR count). The van der Waals surface area contributed by atoms with Gasteiger partial charge in [0.1, 0.15) is 6.61 Å². The Morgan fingerprint density at radius 2 is 1.48 bits per heavy atom. The number of unbranched alkanes of at least 4 members (excludes halogenated alkanes) is 9. The Bertz CT molecular complexity index is 291. The van der Waals surface area contributed by atoms with Crippen molar-refractivity contribution in [3.05, 3.63) is 12.7 Å². The van der Waals surface area contributed by atoms with Crippen LogP contribution >= 0.6 is 0 Å². The van der Waals surface area contributed by atoms with E-state index in [9.17, 15) is 15.0 Å². The molecule has 0 amide bonds. The molecule has 136 valence electrons. The van der Waals surface area contributed by atoms with Crippen molar-refractivity contribution in [1.82, 2.24) is 0 Å². The predicted octanol–water partition coefficient (Wildman–Crippen LogP) is 4.14. The zero-order chi connectivity index (χ0) is 17.3. The van der Waals surface area contributed by atoms with Gasteiger partial charge in [-0.1, -0.05) is 57.4 Å². The summed E-state index contributed by atoms with van der Waals surface area (Å²) < 4.78 is 4.71. The van der Waals surface area contributed by atoms with Gasteiger partial charge >= 0.3 is 5.97 Å². The largest absolute Gasteiger partial charge is 0.463 e. The van der Waals surface area contributed by atoms with E-state index >= 15 is 0 Å². The first kappa shape index (κ1) is 22.1. The van der Waals surface area contributed by atoms with E-state index in [-0.39, 0.29) is 13.0 Å². The first-order valence-electron chi connectivity index (χ1n) is 9.16. The summed E-state index contributed by atoms with van der Waals surface area (Å²) in [5, 5.41) is 19.4. The second-order valence-electron chi connectivity index (χ2n) is 6.39. The van der Waals surface area contributed by atoms with Gasteiger partial charge in [0.25, 0.3) is 0 Å². The van der Waals surface area contributed by atoms with Crippen molar-refractivity contribution in [1.29, 1.82) is 0 Å². The van der Waals surface area contributed by atoms with Crippen molar-refractivity contribution in [2.24, 2.45) is 0 Å². The molecule has 0 aliphatic carbocycles. The molecule has 0 aromatic carbocycles. The molecule has 0 aliphatic rings. The minimum atomic E-state index is -0.769. The summed E-state index contributed by atoms with van der Waals surface area (Å²) in [6.45, 7) is 5.01. The van der Waals surface area contributed by atoms with Crippen LogP contribution in [0.2, 0.25) is 0 Å². The van der Waals surface area contributed by atoms with Crippen LogP contribution in [-0.2, 0) is 9.53 Å². The van der Waals surface area contributed by atoms with Gasteiger partial charge in [-0.3, -0.25) is 4.79 Å². The predicted molar refractivity (Wildman–Crippen MR) is 94.2 cm³/mol. The van der Waals surface area contributed by atoms with Crippen LogP contribution in [0.4, 0.5) is 0 Å². The highest BCUT2D eigenvalue weighted by Crippen LogP contribution is 2.13. The van der Waals surface area contributed by atoms with E-state index in [0.717, 1.165) is 19.3 Å². The molecule has 0 fully saturated rings. The maximum atomic E-state index is 10.6. The van der Waals surface area contributed by atoms with E-state index < -0.39 is 18.2 Å². The molecule has 0 spiro atoms. The van der Waals surface area contributed by atoms with E-state index in [4.69, 9.17) is 4.74 Å². The summed E-state index contributed by atoms with van der Waals surface area (Å²) in [6.07, 6.45) is 14.0. The zero-order valence-corrected chi connectivity index (χ0v) is 14.8. The number of carbonyl (C=O) groups is 1. The van der Waals surface area contributed by atoms with Gasteiger partial charge in [-0.2, -0.15) is 0 Å². The second kappa shape index (κ2) is 16.0. The molecule has 0 aromatic rings. The van der Waals surface area contributed by atoms with Crippen LogP contribution in [0.1, 0.15) is 84.0 Å². The van der Waals surface area contributed by atoms with Crippen molar-refractivity contribution in [3.8, 4) is 0 Å². The number of hydrogen-bond acceptors (Lipinski definition) is 4. The van der Waals surface area contributed by atoms with Crippen molar-refractivity contribution in [2.45, 2.75) is 96.2 Å². The van der Waals surface area contributed by atoms with Crippen LogP contribution in [0.15, 0.2) is 12.7 Å². The normalized spacial score (nSPS) is 13.5. The van der Waals surface area contributed by atoms with Crippen LogP contribution in [0, 0.1) is 0 Å². The van der Waals surface area contributed by atoms with Crippen molar-refractivity contribution in [3.63, 3.8) is 0 Å². The van der Waals surface area contributed by atoms with Crippen molar-refractivity contribution in [2.75, 3.05) is 6.61 Å². The quantitative estimate of drug-likeness (QED) is 0.254. The highest BCUT2D eigenvalue weighted by atomic mass is 16.5. The standard InChI is InChI=1S/C19H36O4/c1-3-4-5-6-7-8-9-10-11-12-13-14-18(21)15-19(22)16-23-17(2)20/h3,18-19,21-22H,1,4-16H2,2H3/t18-,19-/m1/s1. The average molecular weight is 328 g/mol. The fourth-order valence-electron chi connectivity index (χ4n) is 2.62. The Kier molecular flexibility index (Phi) is 15.4. The third-order valence-electron chi connectivity index (χ3n) is 3.97. The SMILES string of the molecule is C=CCCCCCCCCCCC[C@@H](O)C[C@@H](O)COC(C)=O. The van der Waals surface area contributed by atoms with E-state index in [1.54, 1.807) is 0 Å². The van der Waals surface area contributed by atoms with Crippen molar-refractivity contribution < 1.29 is 19.7 Å². The fraction of sp³-hybridized carbons (Fsp3) is 0.842. The Balaban J connectivity index is 3.30. The summed E-state index contributed by atoms with van der Waals surface area (Å²) in [7, 11) is 0. The molecule has 0 radical (unpaired) electrons. The smallest absolute Gasteiger partial charge is 0.302 e. The molecule has 2 N–H and O–H groups in total. The first-order valence-corrected chi connectivity index (χ1v) is 9.16. The average Bonchev–Trinajstić information content (AvgIpc) is 2.50. The lowest BCUT2D eigenvalue weighted by atomic mass is 10.0. The molecule has 4 nitrogen and oxygen atoms in total. The van der Waals surface area contributed by atoms with Crippen LogP contribution in [0.5, 0.6) is 0 Å². The van der Waals surface area contributed by atoms with E-state index in [2.05, 4.69) is 6.58 Å². The van der Waals surface area contributed by atoms with Crippen LogP contribution in [0.25, 0.3) is 0 Å². The van der Waals surface area contributed by atoms with Crippen LogP contribution in [0.3, 0.4) is 0 Å². The van der Waals surface area contributed by atoms with Gasteiger partial charge in [0.2, 0.25) is 0 Å². The number of esters is 1. The molecule has 0 heterocycles. The molecule has 0 unspecified atom stereocenters. The Morgan fingerprint density at radius 3 is 2.00 bits per heavy atom. The number of aliphatic hydroxyl groups is 2. The summed E-state index contributed by atoms with van der Waals surface area (Å²) in [5.41, 5.74) is 0. The molecule has 23 heavy (non-hydrogen) atoms. The van der Waals surface area contributed by atoms with E-state index in [1.807, 2.05) is 6.08 Å². The maximum absolute atomic E-state index is 10.6. The number of aliphatic hydroxyl groups excluding tert-OH is 2. The van der Waals surface area contributed by atoms with Crippen LogP contribution < -0.4 is 0 Å². The number of ether oxygens (including phenoxy) is 1. The molecular formula is C19H36O4. The summed E-state index contributed by atoms with van der Waals surface area (Å²) in [6, 6.07) is 0. The van der Waals surface area contributed by atoms with Gasteiger partial charge in [-0.15, -0.1) is 6.58 Å². The van der Waals surface area contributed by atoms with Gasteiger partial charge in [-0.25, -0.2) is 0 Å². The molecule has 0 bridgehead atoms. The number of rotatable bonds is 16. The molecule has 0 aliphatic heterocycles. The number of hydrogen-bond donors (Lipinski definition) is 2. The highest BCUT2D eigenvalue weighted by molar-refractivity contribution is 5.65. The van der Waals surface area contributed by atoms with Gasteiger partial charge in [0.15, 0.2) is 0 Å². The summed E-state index contributed by atoms with van der Waals surface area (Å²) in [4.78, 5) is 10.6. The zero-order valence-electron chi connectivity index (χ0n) is 14.8. The minimum Gasteiger partial charge on any atom is -0.463 e. The Hall–Kier alpha value is -0.870. The van der Waals surface area contributed by atoms with E-state index in [1.165, 1.54) is 51.9 Å².